The summed E-state index contributed by atoms with van der Waals surface area (Å²) in [5.41, 5.74) is 2.66. The Kier molecular flexibility index (Phi) is 5.02. The number of hydrogen-bond acceptors (Lipinski definition) is 1. The molecule has 1 aromatic heterocycles. The Morgan fingerprint density at radius 1 is 1.22 bits per heavy atom. The van der Waals surface area contributed by atoms with Crippen LogP contribution in [-0.2, 0) is 13.1 Å². The number of benzene rings is 1. The molecule has 0 radical (unpaired) electrons. The molecule has 0 bridgehead atoms. The second-order valence-electron chi connectivity index (χ2n) is 4.50. The summed E-state index contributed by atoms with van der Waals surface area (Å²) in [7, 11) is 0. The van der Waals surface area contributed by atoms with Crippen LogP contribution in [0.1, 0.15) is 24.5 Å². The number of hydrogen-bond donors (Lipinski definition) is 1. The first-order valence-corrected chi connectivity index (χ1v) is 7.17. The molecule has 0 saturated heterocycles. The molecule has 0 saturated carbocycles. The number of rotatable bonds is 6. The van der Waals surface area contributed by atoms with Crippen molar-refractivity contribution < 1.29 is 0 Å². The van der Waals surface area contributed by atoms with E-state index < -0.39 is 0 Å². The Hall–Kier alpha value is -1.06. The molecular weight excluding hydrogens is 288 g/mol. The van der Waals surface area contributed by atoms with Crippen LogP contribution in [0.2, 0.25) is 0 Å². The van der Waals surface area contributed by atoms with Crippen molar-refractivity contribution >= 4 is 15.9 Å². The van der Waals surface area contributed by atoms with Gasteiger partial charge in [-0.3, -0.25) is 0 Å². The SMILES string of the molecule is CCCNCc1ccn(Cc2cccc(Br)c2)c1. The topological polar surface area (TPSA) is 17.0 Å². The first-order valence-electron chi connectivity index (χ1n) is 6.37. The monoisotopic (exact) mass is 306 g/mol. The molecule has 0 unspecified atom stereocenters. The molecule has 0 fully saturated rings. The van der Waals surface area contributed by atoms with Crippen LogP contribution >= 0.6 is 15.9 Å². The Bertz CT molecular complexity index is 491. The summed E-state index contributed by atoms with van der Waals surface area (Å²) in [6.45, 7) is 5.15. The largest absolute Gasteiger partial charge is 0.350 e. The van der Waals surface area contributed by atoms with E-state index in [9.17, 15) is 0 Å². The molecule has 96 valence electrons. The fourth-order valence-electron chi connectivity index (χ4n) is 1.95. The maximum Gasteiger partial charge on any atom is 0.0470 e. The van der Waals surface area contributed by atoms with Crippen molar-refractivity contribution in [2.24, 2.45) is 0 Å². The molecular formula is C15H19BrN2. The summed E-state index contributed by atoms with van der Waals surface area (Å²) in [5.74, 6) is 0. The molecule has 0 atom stereocenters. The minimum Gasteiger partial charge on any atom is -0.350 e. The van der Waals surface area contributed by atoms with E-state index >= 15 is 0 Å². The first-order chi connectivity index (χ1) is 8.78. The van der Waals surface area contributed by atoms with Gasteiger partial charge >= 0.3 is 0 Å². The van der Waals surface area contributed by atoms with Crippen molar-refractivity contribution in [1.29, 1.82) is 0 Å². The Balaban J connectivity index is 1.94. The zero-order valence-electron chi connectivity index (χ0n) is 10.7. The van der Waals surface area contributed by atoms with Crippen molar-refractivity contribution in [2.45, 2.75) is 26.4 Å². The summed E-state index contributed by atoms with van der Waals surface area (Å²) in [4.78, 5) is 0. The van der Waals surface area contributed by atoms with E-state index in [1.54, 1.807) is 0 Å². The average Bonchev–Trinajstić information content (AvgIpc) is 2.77. The fourth-order valence-corrected chi connectivity index (χ4v) is 2.40. The van der Waals surface area contributed by atoms with E-state index in [1.807, 2.05) is 0 Å². The number of aromatic nitrogens is 1. The van der Waals surface area contributed by atoms with Gasteiger partial charge in [-0.1, -0.05) is 35.0 Å². The molecule has 2 aromatic rings. The minimum atomic E-state index is 0.924. The third-order valence-corrected chi connectivity index (χ3v) is 3.32. The molecule has 0 aliphatic carbocycles. The lowest BCUT2D eigenvalue weighted by Crippen LogP contribution is -2.13. The highest BCUT2D eigenvalue weighted by atomic mass is 79.9. The first kappa shape index (κ1) is 13.4. The maximum absolute atomic E-state index is 3.50. The van der Waals surface area contributed by atoms with Crippen molar-refractivity contribution in [3.8, 4) is 0 Å². The van der Waals surface area contributed by atoms with E-state index in [0.29, 0.717) is 0 Å². The second kappa shape index (κ2) is 6.76. The molecule has 18 heavy (non-hydrogen) atoms. The highest BCUT2D eigenvalue weighted by molar-refractivity contribution is 9.10. The zero-order valence-corrected chi connectivity index (χ0v) is 12.3. The lowest BCUT2D eigenvalue weighted by atomic mass is 10.2. The molecule has 0 aliphatic heterocycles. The van der Waals surface area contributed by atoms with Gasteiger partial charge in [-0.2, -0.15) is 0 Å². The van der Waals surface area contributed by atoms with Gasteiger partial charge in [-0.15, -0.1) is 0 Å². The van der Waals surface area contributed by atoms with Crippen molar-refractivity contribution in [3.63, 3.8) is 0 Å². The molecule has 2 nitrogen and oxygen atoms in total. The second-order valence-corrected chi connectivity index (χ2v) is 5.41. The number of halogens is 1. The summed E-state index contributed by atoms with van der Waals surface area (Å²) in [6.07, 6.45) is 5.53. The molecule has 3 heteroatoms. The third kappa shape index (κ3) is 4.00. The van der Waals surface area contributed by atoms with Crippen LogP contribution in [0.25, 0.3) is 0 Å². The van der Waals surface area contributed by atoms with E-state index in [1.165, 1.54) is 17.5 Å². The third-order valence-electron chi connectivity index (χ3n) is 2.82. The van der Waals surface area contributed by atoms with E-state index in [2.05, 4.69) is 75.5 Å². The van der Waals surface area contributed by atoms with Crippen LogP contribution in [0.5, 0.6) is 0 Å². The van der Waals surface area contributed by atoms with Gasteiger partial charge < -0.3 is 9.88 Å². The Morgan fingerprint density at radius 3 is 2.89 bits per heavy atom. The molecule has 0 spiro atoms. The summed E-state index contributed by atoms with van der Waals surface area (Å²) in [5, 5.41) is 3.42. The predicted molar refractivity (Wildman–Crippen MR) is 79.7 cm³/mol. The van der Waals surface area contributed by atoms with Crippen LogP contribution in [0, 0.1) is 0 Å². The fraction of sp³-hybridized carbons (Fsp3) is 0.333. The molecule has 1 aromatic carbocycles. The molecule has 1 N–H and O–H groups in total. The van der Waals surface area contributed by atoms with Crippen molar-refractivity contribution in [3.05, 3.63) is 58.3 Å². The number of nitrogens with zero attached hydrogens (tertiary/aromatic N) is 1. The highest BCUT2D eigenvalue weighted by Crippen LogP contribution is 2.13. The quantitative estimate of drug-likeness (QED) is 0.803. The van der Waals surface area contributed by atoms with Gasteiger partial charge in [0.25, 0.3) is 0 Å². The van der Waals surface area contributed by atoms with Crippen molar-refractivity contribution in [2.75, 3.05) is 6.54 Å². The zero-order chi connectivity index (χ0) is 12.8. The van der Waals surface area contributed by atoms with E-state index in [4.69, 9.17) is 0 Å². The lowest BCUT2D eigenvalue weighted by Gasteiger charge is -2.04. The van der Waals surface area contributed by atoms with Crippen molar-refractivity contribution in [1.82, 2.24) is 9.88 Å². The highest BCUT2D eigenvalue weighted by Gasteiger charge is 1.98. The average molecular weight is 307 g/mol. The van der Waals surface area contributed by atoms with Crippen LogP contribution in [-0.4, -0.2) is 11.1 Å². The van der Waals surface area contributed by atoms with E-state index in [-0.39, 0.29) is 0 Å². The molecule has 1 heterocycles. The van der Waals surface area contributed by atoms with Gasteiger partial charge in [-0.05, 0) is 42.3 Å². The molecule has 2 rings (SSSR count). The Morgan fingerprint density at radius 2 is 2.11 bits per heavy atom. The van der Waals surface area contributed by atoms with Gasteiger partial charge in [0.15, 0.2) is 0 Å². The van der Waals surface area contributed by atoms with E-state index in [0.717, 1.165) is 24.1 Å². The van der Waals surface area contributed by atoms with Gasteiger partial charge in [0.2, 0.25) is 0 Å². The number of nitrogens with one attached hydrogen (secondary N) is 1. The summed E-state index contributed by atoms with van der Waals surface area (Å²) >= 11 is 3.50. The molecule has 0 amide bonds. The van der Waals surface area contributed by atoms with Gasteiger partial charge in [0, 0.05) is 30.0 Å². The smallest absolute Gasteiger partial charge is 0.0470 e. The Labute approximate surface area is 117 Å². The van der Waals surface area contributed by atoms with Gasteiger partial charge in [0.05, 0.1) is 0 Å². The molecule has 0 aliphatic rings. The van der Waals surface area contributed by atoms with Crippen LogP contribution in [0.4, 0.5) is 0 Å². The predicted octanol–water partition coefficient (Wildman–Crippen LogP) is 3.80. The van der Waals surface area contributed by atoms with Crippen LogP contribution < -0.4 is 5.32 Å². The lowest BCUT2D eigenvalue weighted by molar-refractivity contribution is 0.673. The summed E-state index contributed by atoms with van der Waals surface area (Å²) < 4.78 is 3.36. The minimum absolute atomic E-state index is 0.924. The standard InChI is InChI=1S/C15H19BrN2/c1-2-7-17-10-14-6-8-18(12-14)11-13-4-3-5-15(16)9-13/h3-6,8-9,12,17H,2,7,10-11H2,1H3. The van der Waals surface area contributed by atoms with Gasteiger partial charge in [0.1, 0.15) is 0 Å². The van der Waals surface area contributed by atoms with Crippen LogP contribution in [0.15, 0.2) is 47.2 Å². The van der Waals surface area contributed by atoms with Gasteiger partial charge in [-0.25, -0.2) is 0 Å². The normalized spacial score (nSPS) is 10.8. The maximum atomic E-state index is 3.50. The van der Waals surface area contributed by atoms with Crippen LogP contribution in [0.3, 0.4) is 0 Å². The summed E-state index contributed by atoms with van der Waals surface area (Å²) in [6, 6.07) is 10.6.